The molecule has 1 atom stereocenters. The molecule has 16 heavy (non-hydrogen) atoms. The van der Waals surface area contributed by atoms with E-state index < -0.39 is 17.8 Å². The summed E-state index contributed by atoms with van der Waals surface area (Å²) in [5.41, 5.74) is 0.316. The van der Waals surface area contributed by atoms with Crippen molar-refractivity contribution in [3.63, 3.8) is 0 Å². The molecular formula is C10H14N2O4. The van der Waals surface area contributed by atoms with Gasteiger partial charge in [0, 0.05) is 19.0 Å². The first-order valence-corrected chi connectivity index (χ1v) is 4.92. The summed E-state index contributed by atoms with van der Waals surface area (Å²) in [6, 6.07) is 0. The van der Waals surface area contributed by atoms with Crippen LogP contribution in [-0.2, 0) is 16.1 Å². The van der Waals surface area contributed by atoms with Crippen LogP contribution in [0.25, 0.3) is 0 Å². The third kappa shape index (κ3) is 3.16. The molecule has 0 aromatic carbocycles. The summed E-state index contributed by atoms with van der Waals surface area (Å²) in [6.45, 7) is 3.73. The first kappa shape index (κ1) is 12.4. The maximum atomic E-state index is 11.3. The Labute approximate surface area is 92.5 Å². The fourth-order valence-electron chi connectivity index (χ4n) is 1.28. The molecule has 1 aromatic heterocycles. The second-order valence-corrected chi connectivity index (χ2v) is 3.35. The van der Waals surface area contributed by atoms with Crippen LogP contribution in [0.15, 0.2) is 17.2 Å². The molecule has 0 aliphatic carbocycles. The number of aliphatic carboxylic acids is 1. The van der Waals surface area contributed by atoms with Crippen LogP contribution in [-0.4, -0.2) is 33.3 Å². The lowest BCUT2D eigenvalue weighted by Crippen LogP contribution is -2.34. The Balaban J connectivity index is 2.88. The van der Waals surface area contributed by atoms with Crippen LogP contribution in [0.2, 0.25) is 0 Å². The highest BCUT2D eigenvalue weighted by molar-refractivity contribution is 5.72. The second kappa shape index (κ2) is 5.41. The first-order valence-electron chi connectivity index (χ1n) is 4.92. The molecule has 0 spiro atoms. The number of aromatic nitrogens is 2. The summed E-state index contributed by atoms with van der Waals surface area (Å²) < 4.78 is 6.26. The molecule has 1 aromatic rings. The summed E-state index contributed by atoms with van der Waals surface area (Å²) in [6.07, 6.45) is 1.98. The number of ether oxygens (including phenoxy) is 1. The molecular weight excluding hydrogens is 212 g/mol. The standard InChI is InChI=1S/C10H14N2O4/c1-3-16-8(9(13)14)6-12-5-7(2)4-11-10(12)15/h4-5,8H,3,6H2,1-2H3,(H,13,14). The van der Waals surface area contributed by atoms with E-state index in [1.54, 1.807) is 20.0 Å². The van der Waals surface area contributed by atoms with Crippen molar-refractivity contribution >= 4 is 5.97 Å². The molecule has 0 bridgehead atoms. The molecule has 1 N–H and O–H groups in total. The number of nitrogens with zero attached hydrogens (tertiary/aromatic N) is 2. The van der Waals surface area contributed by atoms with Crippen molar-refractivity contribution in [1.82, 2.24) is 9.55 Å². The van der Waals surface area contributed by atoms with Crippen LogP contribution < -0.4 is 5.69 Å². The molecule has 0 radical (unpaired) electrons. The van der Waals surface area contributed by atoms with Crippen molar-refractivity contribution in [2.24, 2.45) is 0 Å². The van der Waals surface area contributed by atoms with Crippen molar-refractivity contribution < 1.29 is 14.6 Å². The SMILES string of the molecule is CCOC(Cn1cc(C)cnc1=O)C(=O)O. The maximum absolute atomic E-state index is 11.3. The van der Waals surface area contributed by atoms with Gasteiger partial charge in [-0.1, -0.05) is 0 Å². The summed E-state index contributed by atoms with van der Waals surface area (Å²) >= 11 is 0. The minimum absolute atomic E-state index is 0.0311. The van der Waals surface area contributed by atoms with Gasteiger partial charge in [-0.05, 0) is 19.4 Å². The fraction of sp³-hybridized carbons (Fsp3) is 0.500. The van der Waals surface area contributed by atoms with Crippen molar-refractivity contribution in [3.05, 3.63) is 28.4 Å². The molecule has 0 amide bonds. The van der Waals surface area contributed by atoms with Crippen LogP contribution in [0.1, 0.15) is 12.5 Å². The zero-order valence-electron chi connectivity index (χ0n) is 9.21. The van der Waals surface area contributed by atoms with Gasteiger partial charge in [0.1, 0.15) is 0 Å². The number of hydrogen-bond donors (Lipinski definition) is 1. The quantitative estimate of drug-likeness (QED) is 0.766. The van der Waals surface area contributed by atoms with E-state index in [0.717, 1.165) is 5.56 Å². The molecule has 0 aliphatic heterocycles. The van der Waals surface area contributed by atoms with Gasteiger partial charge < -0.3 is 9.84 Å². The number of carboxylic acid groups (broad SMARTS) is 1. The summed E-state index contributed by atoms with van der Waals surface area (Å²) in [5.74, 6) is -1.09. The van der Waals surface area contributed by atoms with Crippen LogP contribution in [0.4, 0.5) is 0 Å². The number of rotatable bonds is 5. The normalized spacial score (nSPS) is 12.4. The molecule has 6 nitrogen and oxygen atoms in total. The Bertz CT molecular complexity index is 427. The van der Waals surface area contributed by atoms with Crippen molar-refractivity contribution in [1.29, 1.82) is 0 Å². The largest absolute Gasteiger partial charge is 0.479 e. The zero-order chi connectivity index (χ0) is 12.1. The number of hydrogen-bond acceptors (Lipinski definition) is 4. The minimum Gasteiger partial charge on any atom is -0.479 e. The monoisotopic (exact) mass is 226 g/mol. The smallest absolute Gasteiger partial charge is 0.347 e. The lowest BCUT2D eigenvalue weighted by molar-refractivity contribution is -0.151. The fourth-order valence-corrected chi connectivity index (χ4v) is 1.28. The van der Waals surface area contributed by atoms with E-state index in [9.17, 15) is 9.59 Å². The van der Waals surface area contributed by atoms with Crippen LogP contribution in [0.5, 0.6) is 0 Å². The summed E-state index contributed by atoms with van der Waals surface area (Å²) in [7, 11) is 0. The van der Waals surface area contributed by atoms with Crippen LogP contribution >= 0.6 is 0 Å². The van der Waals surface area contributed by atoms with Gasteiger partial charge in [-0.25, -0.2) is 14.6 Å². The predicted molar refractivity (Wildman–Crippen MR) is 56.3 cm³/mol. The van der Waals surface area contributed by atoms with Gasteiger partial charge >= 0.3 is 11.7 Å². The molecule has 0 saturated heterocycles. The number of aryl methyl sites for hydroxylation is 1. The highest BCUT2D eigenvalue weighted by atomic mass is 16.5. The Morgan fingerprint density at radius 3 is 2.94 bits per heavy atom. The molecule has 0 saturated carbocycles. The van der Waals surface area contributed by atoms with Gasteiger partial charge in [0.05, 0.1) is 6.54 Å². The van der Waals surface area contributed by atoms with Gasteiger partial charge in [-0.15, -0.1) is 0 Å². The molecule has 0 aliphatic rings. The molecule has 0 fully saturated rings. The maximum Gasteiger partial charge on any atom is 0.347 e. The Hall–Kier alpha value is -1.69. The third-order valence-electron chi connectivity index (χ3n) is 1.99. The Kier molecular flexibility index (Phi) is 4.19. The van der Waals surface area contributed by atoms with Crippen molar-refractivity contribution in [2.45, 2.75) is 26.5 Å². The topological polar surface area (TPSA) is 81.4 Å². The van der Waals surface area contributed by atoms with E-state index in [1.807, 2.05) is 0 Å². The van der Waals surface area contributed by atoms with Crippen molar-refractivity contribution in [3.8, 4) is 0 Å². The van der Waals surface area contributed by atoms with E-state index in [2.05, 4.69) is 4.98 Å². The minimum atomic E-state index is -1.09. The average molecular weight is 226 g/mol. The predicted octanol–water partition coefficient (Wildman–Crippen LogP) is 0.0414. The van der Waals surface area contributed by atoms with E-state index in [4.69, 9.17) is 9.84 Å². The number of carboxylic acids is 1. The molecule has 1 heterocycles. The lowest BCUT2D eigenvalue weighted by atomic mass is 10.3. The van der Waals surface area contributed by atoms with Gasteiger partial charge in [0.15, 0.2) is 6.10 Å². The zero-order valence-corrected chi connectivity index (χ0v) is 9.21. The lowest BCUT2D eigenvalue weighted by Gasteiger charge is -2.13. The molecule has 88 valence electrons. The summed E-state index contributed by atoms with van der Waals surface area (Å²) in [4.78, 5) is 25.8. The Morgan fingerprint density at radius 2 is 2.38 bits per heavy atom. The van der Waals surface area contributed by atoms with E-state index in [-0.39, 0.29) is 13.2 Å². The van der Waals surface area contributed by atoms with Gasteiger partial charge in [0.25, 0.3) is 0 Å². The van der Waals surface area contributed by atoms with Crippen molar-refractivity contribution in [2.75, 3.05) is 6.61 Å². The highest BCUT2D eigenvalue weighted by Crippen LogP contribution is 1.98. The van der Waals surface area contributed by atoms with E-state index in [0.29, 0.717) is 0 Å². The highest BCUT2D eigenvalue weighted by Gasteiger charge is 2.18. The Morgan fingerprint density at radius 1 is 1.69 bits per heavy atom. The first-order chi connectivity index (χ1) is 7.54. The van der Waals surface area contributed by atoms with E-state index in [1.165, 1.54) is 10.8 Å². The number of carbonyl (C=O) groups is 1. The van der Waals surface area contributed by atoms with E-state index >= 15 is 0 Å². The molecule has 1 unspecified atom stereocenters. The molecule has 6 heteroatoms. The van der Waals surface area contributed by atoms with Crippen LogP contribution in [0, 0.1) is 6.92 Å². The van der Waals surface area contributed by atoms with Gasteiger partial charge in [0.2, 0.25) is 0 Å². The van der Waals surface area contributed by atoms with Gasteiger partial charge in [-0.2, -0.15) is 0 Å². The second-order valence-electron chi connectivity index (χ2n) is 3.35. The molecule has 1 rings (SSSR count). The van der Waals surface area contributed by atoms with Gasteiger partial charge in [-0.3, -0.25) is 4.57 Å². The summed E-state index contributed by atoms with van der Waals surface area (Å²) in [5, 5.41) is 8.87. The van der Waals surface area contributed by atoms with Crippen LogP contribution in [0.3, 0.4) is 0 Å². The third-order valence-corrected chi connectivity index (χ3v) is 1.99. The average Bonchev–Trinajstić information content (AvgIpc) is 2.22.